The molecule has 0 radical (unpaired) electrons. The number of rotatable bonds is 7. The fourth-order valence-corrected chi connectivity index (χ4v) is 5.02. The lowest BCUT2D eigenvalue weighted by Crippen LogP contribution is -2.51. The smallest absolute Gasteiger partial charge is 0.231 e. The lowest BCUT2D eigenvalue weighted by molar-refractivity contribution is -0.133. The molecule has 4 rings (SSSR count). The molecule has 3 atom stereocenters. The van der Waals surface area contributed by atoms with Gasteiger partial charge in [-0.3, -0.25) is 4.79 Å². The van der Waals surface area contributed by atoms with Crippen LogP contribution < -0.4 is 10.2 Å². The summed E-state index contributed by atoms with van der Waals surface area (Å²) in [6.07, 6.45) is 1.62. The van der Waals surface area contributed by atoms with Gasteiger partial charge in [-0.2, -0.15) is 0 Å². The number of hydrogen-bond donors (Lipinski definition) is 2. The minimum atomic E-state index is -0.548. The molecule has 2 N–H and O–H groups in total. The zero-order valence-electron chi connectivity index (χ0n) is 20.0. The fraction of sp³-hybridized carbons (Fsp3) is 0.560. The maximum absolute atomic E-state index is 14.2. The van der Waals surface area contributed by atoms with Gasteiger partial charge in [0.05, 0.1) is 22.7 Å². The zero-order chi connectivity index (χ0) is 24.4. The molecule has 34 heavy (non-hydrogen) atoms. The number of amides is 1. The molecule has 2 aliphatic rings. The van der Waals surface area contributed by atoms with Crippen LogP contribution in [0.3, 0.4) is 0 Å². The summed E-state index contributed by atoms with van der Waals surface area (Å²) in [4.78, 5) is 26.4. The molecule has 1 aliphatic carbocycles. The molecule has 2 aromatic rings. The molecule has 0 spiro atoms. The van der Waals surface area contributed by atoms with E-state index in [1.54, 1.807) is 6.07 Å². The minimum absolute atomic E-state index is 0.0191. The first-order valence-corrected chi connectivity index (χ1v) is 12.4. The van der Waals surface area contributed by atoms with Crippen LogP contribution in [-0.4, -0.2) is 65.2 Å². The third-order valence-electron chi connectivity index (χ3n) is 6.71. The second-order valence-electron chi connectivity index (χ2n) is 9.74. The maximum atomic E-state index is 14.2. The molecule has 7 nitrogen and oxygen atoms in total. The second-order valence-corrected chi connectivity index (χ2v) is 10.1. The van der Waals surface area contributed by atoms with Crippen molar-refractivity contribution in [3.05, 3.63) is 52.2 Å². The summed E-state index contributed by atoms with van der Waals surface area (Å²) in [7, 11) is 0. The monoisotopic (exact) mass is 489 g/mol. The molecule has 1 unspecified atom stereocenters. The van der Waals surface area contributed by atoms with Gasteiger partial charge in [-0.25, -0.2) is 14.4 Å². The van der Waals surface area contributed by atoms with Crippen molar-refractivity contribution < 1.29 is 14.3 Å². The van der Waals surface area contributed by atoms with Crippen molar-refractivity contribution in [2.24, 2.45) is 5.92 Å². The van der Waals surface area contributed by atoms with E-state index >= 15 is 0 Å². The number of aliphatic hydroxyl groups excluding tert-OH is 1. The summed E-state index contributed by atoms with van der Waals surface area (Å²) in [5, 5.41) is 13.7. The lowest BCUT2D eigenvalue weighted by Gasteiger charge is -2.38. The molecule has 184 valence electrons. The van der Waals surface area contributed by atoms with Gasteiger partial charge in [-0.05, 0) is 42.5 Å². The number of benzene rings is 1. The van der Waals surface area contributed by atoms with Crippen molar-refractivity contribution in [3.8, 4) is 0 Å². The van der Waals surface area contributed by atoms with Crippen molar-refractivity contribution in [1.29, 1.82) is 0 Å². The number of nitrogens with zero attached hydrogens (tertiary/aromatic N) is 4. The quantitative estimate of drug-likeness (QED) is 0.619. The standard InChI is InChI=1S/C25H33ClFN5O2/c1-15(2)12-28-13-18(17-4-5-19(26)20(27)11-17)25(34)32-8-6-31(7-9-32)24-22-16(3)10-21(33)23(22)29-14-30-24/h4-5,11,14-16,18,21,28,33H,6-10,12-13H2,1-3H3/t16?,18-,21-/m1/s1. The van der Waals surface area contributed by atoms with E-state index in [-0.39, 0.29) is 16.8 Å². The summed E-state index contributed by atoms with van der Waals surface area (Å²) >= 11 is 5.88. The number of carbonyl (C=O) groups is 1. The number of hydrogen-bond acceptors (Lipinski definition) is 6. The molecule has 0 bridgehead atoms. The molecule has 1 saturated heterocycles. The Morgan fingerprint density at radius 3 is 2.65 bits per heavy atom. The first-order chi connectivity index (χ1) is 16.3. The number of nitrogens with one attached hydrogen (secondary N) is 1. The Balaban J connectivity index is 1.47. The van der Waals surface area contributed by atoms with Crippen LogP contribution in [0.2, 0.25) is 5.02 Å². The highest BCUT2D eigenvalue weighted by Gasteiger charge is 2.35. The van der Waals surface area contributed by atoms with Crippen LogP contribution in [-0.2, 0) is 4.79 Å². The summed E-state index contributed by atoms with van der Waals surface area (Å²) in [6, 6.07) is 4.62. The van der Waals surface area contributed by atoms with E-state index in [1.165, 1.54) is 18.5 Å². The van der Waals surface area contributed by atoms with Gasteiger partial charge in [0, 0.05) is 38.3 Å². The molecule has 2 heterocycles. The molecule has 1 amide bonds. The number of aliphatic hydroxyl groups is 1. The number of piperazine rings is 1. The molecule has 1 fully saturated rings. The van der Waals surface area contributed by atoms with Crippen molar-refractivity contribution in [3.63, 3.8) is 0 Å². The first-order valence-electron chi connectivity index (χ1n) is 12.0. The van der Waals surface area contributed by atoms with Gasteiger partial charge in [0.1, 0.15) is 18.0 Å². The van der Waals surface area contributed by atoms with Crippen LogP contribution in [0.4, 0.5) is 10.2 Å². The van der Waals surface area contributed by atoms with Crippen LogP contribution in [0.5, 0.6) is 0 Å². The Morgan fingerprint density at radius 1 is 1.24 bits per heavy atom. The Bertz CT molecular complexity index is 1030. The second kappa shape index (κ2) is 10.5. The Morgan fingerprint density at radius 2 is 1.97 bits per heavy atom. The first kappa shape index (κ1) is 24.8. The fourth-order valence-electron chi connectivity index (χ4n) is 4.91. The average molecular weight is 490 g/mol. The number of carbonyl (C=O) groups excluding carboxylic acids is 1. The van der Waals surface area contributed by atoms with E-state index in [1.807, 2.05) is 4.90 Å². The molecule has 1 aromatic heterocycles. The van der Waals surface area contributed by atoms with Crippen LogP contribution >= 0.6 is 11.6 Å². The van der Waals surface area contributed by atoms with E-state index in [9.17, 15) is 14.3 Å². The highest BCUT2D eigenvalue weighted by atomic mass is 35.5. The van der Waals surface area contributed by atoms with Crippen LogP contribution in [0.1, 0.15) is 62.0 Å². The topological polar surface area (TPSA) is 81.6 Å². The van der Waals surface area contributed by atoms with Gasteiger partial charge in [0.25, 0.3) is 0 Å². The molecule has 1 aliphatic heterocycles. The lowest BCUT2D eigenvalue weighted by atomic mass is 9.96. The number of fused-ring (bicyclic) bond motifs is 1. The van der Waals surface area contributed by atoms with Crippen LogP contribution in [0.25, 0.3) is 0 Å². The zero-order valence-corrected chi connectivity index (χ0v) is 20.7. The summed E-state index contributed by atoms with van der Waals surface area (Å²) in [5.41, 5.74) is 2.36. The van der Waals surface area contributed by atoms with Crippen molar-refractivity contribution in [2.75, 3.05) is 44.2 Å². The Kier molecular flexibility index (Phi) is 7.70. The van der Waals surface area contributed by atoms with Crippen molar-refractivity contribution in [1.82, 2.24) is 20.2 Å². The van der Waals surface area contributed by atoms with E-state index in [2.05, 4.69) is 41.0 Å². The van der Waals surface area contributed by atoms with Crippen molar-refractivity contribution in [2.45, 2.75) is 45.1 Å². The van der Waals surface area contributed by atoms with E-state index in [4.69, 9.17) is 11.6 Å². The molecular formula is C25H33ClFN5O2. The van der Waals surface area contributed by atoms with Gasteiger partial charge in [0.2, 0.25) is 5.91 Å². The average Bonchev–Trinajstić information content (AvgIpc) is 3.12. The van der Waals surface area contributed by atoms with Crippen molar-refractivity contribution >= 4 is 23.3 Å². The summed E-state index contributed by atoms with van der Waals surface area (Å²) < 4.78 is 14.2. The van der Waals surface area contributed by atoms with Crippen LogP contribution in [0.15, 0.2) is 24.5 Å². The third kappa shape index (κ3) is 5.19. The molecule has 0 saturated carbocycles. The minimum Gasteiger partial charge on any atom is -0.387 e. The number of halogens is 2. The van der Waals surface area contributed by atoms with Gasteiger partial charge in [-0.1, -0.05) is 38.4 Å². The van der Waals surface area contributed by atoms with Gasteiger partial charge in [-0.15, -0.1) is 0 Å². The molecule has 9 heteroatoms. The largest absolute Gasteiger partial charge is 0.387 e. The predicted octanol–water partition coefficient (Wildman–Crippen LogP) is 3.49. The van der Waals surface area contributed by atoms with Gasteiger partial charge < -0.3 is 20.2 Å². The highest BCUT2D eigenvalue weighted by Crippen LogP contribution is 2.42. The molecule has 1 aromatic carbocycles. The number of anilines is 1. The van der Waals surface area contributed by atoms with E-state index < -0.39 is 17.8 Å². The maximum Gasteiger partial charge on any atom is 0.231 e. The summed E-state index contributed by atoms with van der Waals surface area (Å²) in [6.45, 7) is 9.88. The van der Waals surface area contributed by atoms with Gasteiger partial charge in [0.15, 0.2) is 0 Å². The van der Waals surface area contributed by atoms with E-state index in [0.717, 1.165) is 23.6 Å². The normalized spacial score (nSPS) is 21.1. The van der Waals surface area contributed by atoms with Gasteiger partial charge >= 0.3 is 0 Å². The molecular weight excluding hydrogens is 457 g/mol. The third-order valence-corrected chi connectivity index (χ3v) is 7.02. The predicted molar refractivity (Wildman–Crippen MR) is 131 cm³/mol. The summed E-state index contributed by atoms with van der Waals surface area (Å²) in [5.74, 6) is 0.467. The number of aromatic nitrogens is 2. The SMILES string of the molecule is CC(C)CNC[C@@H](C(=O)N1CCN(c2ncnc3c2C(C)C[C@H]3O)CC1)c1ccc(Cl)c(F)c1. The van der Waals surface area contributed by atoms with E-state index in [0.29, 0.717) is 50.6 Å². The van der Waals surface area contributed by atoms with Crippen LogP contribution in [0, 0.1) is 11.7 Å². The Hall–Kier alpha value is -2.29. The Labute approximate surface area is 205 Å². The highest BCUT2D eigenvalue weighted by molar-refractivity contribution is 6.30.